The van der Waals surface area contributed by atoms with Crippen molar-refractivity contribution in [1.29, 1.82) is 0 Å². The average Bonchev–Trinajstić information content (AvgIpc) is 2.89. The minimum Gasteiger partial charge on any atom is -0.208 e. The molecule has 1 fully saturated rings. The molecule has 34 heavy (non-hydrogen) atoms. The molecule has 1 aliphatic carbocycles. The number of hydrogen-bond acceptors (Lipinski definition) is 0. The number of rotatable bonds is 7. The van der Waals surface area contributed by atoms with E-state index in [-0.39, 0.29) is 17.3 Å². The number of halogens is 3. The molecule has 1 atom stereocenters. The maximum Gasteiger partial charge on any atom is 0.162 e. The van der Waals surface area contributed by atoms with E-state index in [0.717, 1.165) is 30.4 Å². The Labute approximate surface area is 200 Å². The van der Waals surface area contributed by atoms with Gasteiger partial charge in [-0.1, -0.05) is 85.8 Å². The molecule has 1 saturated carbocycles. The second kappa shape index (κ2) is 11.4. The quantitative estimate of drug-likeness (QED) is 0.308. The second-order valence-electron chi connectivity index (χ2n) is 9.43. The maximum absolute atomic E-state index is 15.0. The van der Waals surface area contributed by atoms with Gasteiger partial charge in [0.1, 0.15) is 11.6 Å². The lowest BCUT2D eigenvalue weighted by Crippen LogP contribution is -2.17. The smallest absolute Gasteiger partial charge is 0.162 e. The highest BCUT2D eigenvalue weighted by molar-refractivity contribution is 5.71. The number of allylic oxidation sites excluding steroid dienone is 1. The predicted molar refractivity (Wildman–Crippen MR) is 136 cm³/mol. The van der Waals surface area contributed by atoms with Crippen molar-refractivity contribution in [2.45, 2.75) is 44.9 Å². The Morgan fingerprint density at radius 2 is 1.35 bits per heavy atom. The largest absolute Gasteiger partial charge is 0.208 e. The molecular formula is C31H31F3. The van der Waals surface area contributed by atoms with E-state index in [2.05, 4.69) is 31.2 Å². The van der Waals surface area contributed by atoms with Crippen LogP contribution in [0.2, 0.25) is 0 Å². The molecule has 0 N–H and O–H groups in total. The van der Waals surface area contributed by atoms with Crippen molar-refractivity contribution >= 4 is 18.0 Å². The molecular weight excluding hydrogens is 429 g/mol. The Morgan fingerprint density at radius 1 is 0.794 bits per heavy atom. The number of benzene rings is 3. The van der Waals surface area contributed by atoms with Gasteiger partial charge in [-0.15, -0.1) is 0 Å². The average molecular weight is 461 g/mol. The highest BCUT2D eigenvalue weighted by Crippen LogP contribution is 2.40. The highest BCUT2D eigenvalue weighted by atomic mass is 19.2. The fourth-order valence-electron chi connectivity index (χ4n) is 4.89. The van der Waals surface area contributed by atoms with Gasteiger partial charge in [-0.2, -0.15) is 0 Å². The van der Waals surface area contributed by atoms with E-state index in [1.165, 1.54) is 17.7 Å². The van der Waals surface area contributed by atoms with E-state index in [9.17, 15) is 13.2 Å². The molecule has 0 heterocycles. The first-order valence-corrected chi connectivity index (χ1v) is 12.1. The predicted octanol–water partition coefficient (Wildman–Crippen LogP) is 9.60. The third kappa shape index (κ3) is 6.28. The SMILES string of the molecule is C[C@H](CC1CCC(C(F)=C(F)c2ccc(C=Cc3ccc(F)cc3)cc2)CC1)c1ccccc1. The zero-order chi connectivity index (χ0) is 23.9. The van der Waals surface area contributed by atoms with Gasteiger partial charge >= 0.3 is 0 Å². The summed E-state index contributed by atoms with van der Waals surface area (Å²) in [6, 6.07) is 23.5. The second-order valence-corrected chi connectivity index (χ2v) is 9.43. The van der Waals surface area contributed by atoms with Crippen molar-refractivity contribution in [2.24, 2.45) is 11.8 Å². The molecule has 0 unspecified atom stereocenters. The van der Waals surface area contributed by atoms with Crippen molar-refractivity contribution in [3.05, 3.63) is 113 Å². The van der Waals surface area contributed by atoms with Gasteiger partial charge in [-0.3, -0.25) is 0 Å². The van der Waals surface area contributed by atoms with E-state index < -0.39 is 11.7 Å². The highest BCUT2D eigenvalue weighted by Gasteiger charge is 2.28. The summed E-state index contributed by atoms with van der Waals surface area (Å²) >= 11 is 0. The molecule has 176 valence electrons. The van der Waals surface area contributed by atoms with Crippen LogP contribution in [-0.4, -0.2) is 0 Å². The van der Waals surface area contributed by atoms with Gasteiger partial charge in [0.2, 0.25) is 0 Å². The minimum absolute atomic E-state index is 0.274. The summed E-state index contributed by atoms with van der Waals surface area (Å²) in [6.45, 7) is 2.25. The summed E-state index contributed by atoms with van der Waals surface area (Å²) in [4.78, 5) is 0. The molecule has 0 bridgehead atoms. The Hall–Kier alpha value is -3.07. The van der Waals surface area contributed by atoms with E-state index >= 15 is 0 Å². The van der Waals surface area contributed by atoms with Crippen molar-refractivity contribution in [3.63, 3.8) is 0 Å². The lowest BCUT2D eigenvalue weighted by Gasteiger charge is -2.29. The number of hydrogen-bond donors (Lipinski definition) is 0. The van der Waals surface area contributed by atoms with Crippen LogP contribution < -0.4 is 0 Å². The van der Waals surface area contributed by atoms with Crippen molar-refractivity contribution in [2.75, 3.05) is 0 Å². The molecule has 0 spiro atoms. The van der Waals surface area contributed by atoms with Crippen LogP contribution in [0.15, 0.2) is 84.7 Å². The van der Waals surface area contributed by atoms with E-state index in [4.69, 9.17) is 0 Å². The Kier molecular flexibility index (Phi) is 8.05. The molecule has 4 rings (SSSR count). The molecule has 1 aliphatic rings. The van der Waals surface area contributed by atoms with Crippen LogP contribution in [0.5, 0.6) is 0 Å². The van der Waals surface area contributed by atoms with Crippen LogP contribution in [-0.2, 0) is 0 Å². The van der Waals surface area contributed by atoms with Gasteiger partial charge in [0.15, 0.2) is 5.83 Å². The summed E-state index contributed by atoms with van der Waals surface area (Å²) < 4.78 is 42.9. The van der Waals surface area contributed by atoms with Crippen molar-refractivity contribution in [1.82, 2.24) is 0 Å². The summed E-state index contributed by atoms with van der Waals surface area (Å²) in [7, 11) is 0. The molecule has 0 saturated heterocycles. The zero-order valence-electron chi connectivity index (χ0n) is 19.6. The summed E-state index contributed by atoms with van der Waals surface area (Å²) in [6.07, 6.45) is 8.10. The molecule has 3 heteroatoms. The van der Waals surface area contributed by atoms with Crippen LogP contribution in [0.1, 0.15) is 67.2 Å². The van der Waals surface area contributed by atoms with Gasteiger partial charge in [-0.25, -0.2) is 13.2 Å². The molecule has 0 radical (unpaired) electrons. The van der Waals surface area contributed by atoms with E-state index in [1.807, 2.05) is 18.2 Å². The Morgan fingerprint density at radius 3 is 1.94 bits per heavy atom. The molecule has 0 amide bonds. The molecule has 3 aromatic rings. The van der Waals surface area contributed by atoms with Crippen molar-refractivity contribution < 1.29 is 13.2 Å². The maximum atomic E-state index is 15.0. The lowest BCUT2D eigenvalue weighted by molar-refractivity contribution is 0.254. The minimum atomic E-state index is -0.741. The first-order valence-electron chi connectivity index (χ1n) is 12.1. The third-order valence-corrected chi connectivity index (χ3v) is 6.97. The van der Waals surface area contributed by atoms with Crippen LogP contribution in [0.4, 0.5) is 13.2 Å². The van der Waals surface area contributed by atoms with Crippen LogP contribution >= 0.6 is 0 Å². The first-order chi connectivity index (χ1) is 16.5. The fraction of sp³-hybridized carbons (Fsp3) is 0.290. The van der Waals surface area contributed by atoms with Crippen LogP contribution in [0.25, 0.3) is 18.0 Å². The lowest BCUT2D eigenvalue weighted by atomic mass is 9.76. The van der Waals surface area contributed by atoms with Gasteiger partial charge < -0.3 is 0 Å². The van der Waals surface area contributed by atoms with Crippen LogP contribution in [0.3, 0.4) is 0 Å². The summed E-state index contributed by atoms with van der Waals surface area (Å²) in [5, 5.41) is 0. The molecule has 3 aromatic carbocycles. The first kappa shape index (κ1) is 24.1. The standard InChI is InChI=1S/C31H31F3/c1-22(26-5-3-2-4-6-26)21-25-11-17-28(18-12-25)31(34)30(33)27-15-9-23(10-16-27)7-8-24-13-19-29(32)20-14-24/h2-10,13-16,19-20,22,25,28H,11-12,17-18,21H2,1H3/t22-,25?,28?/m1/s1. The Bertz CT molecular complexity index is 1100. The van der Waals surface area contributed by atoms with Crippen molar-refractivity contribution in [3.8, 4) is 0 Å². The molecule has 0 aromatic heterocycles. The normalized spacial score (nSPS) is 20.2. The van der Waals surface area contributed by atoms with E-state index in [1.54, 1.807) is 36.4 Å². The molecule has 0 nitrogen and oxygen atoms in total. The van der Waals surface area contributed by atoms with Crippen LogP contribution in [0, 0.1) is 17.7 Å². The third-order valence-electron chi connectivity index (χ3n) is 6.97. The summed E-state index contributed by atoms with van der Waals surface area (Å²) in [5.41, 5.74) is 3.36. The topological polar surface area (TPSA) is 0 Å². The summed E-state index contributed by atoms with van der Waals surface area (Å²) in [5.74, 6) is -0.910. The van der Waals surface area contributed by atoms with Gasteiger partial charge in [0.05, 0.1) is 0 Å². The Balaban J connectivity index is 1.33. The monoisotopic (exact) mass is 460 g/mol. The van der Waals surface area contributed by atoms with Gasteiger partial charge in [0, 0.05) is 11.5 Å². The zero-order valence-corrected chi connectivity index (χ0v) is 19.6. The van der Waals surface area contributed by atoms with E-state index in [0.29, 0.717) is 24.7 Å². The fourth-order valence-corrected chi connectivity index (χ4v) is 4.89. The van der Waals surface area contributed by atoms with Gasteiger partial charge in [0.25, 0.3) is 0 Å². The van der Waals surface area contributed by atoms with Gasteiger partial charge in [-0.05, 0) is 72.8 Å². The molecule has 0 aliphatic heterocycles.